The van der Waals surface area contributed by atoms with E-state index in [0.717, 1.165) is 27.6 Å². The molecule has 0 bridgehead atoms. The minimum atomic E-state index is -0.197. The number of aromatic nitrogens is 1. The number of nitriles is 1. The Kier molecular flexibility index (Phi) is 5.49. The van der Waals surface area contributed by atoms with Crippen LogP contribution < -0.4 is 10.1 Å². The van der Waals surface area contributed by atoms with Crippen LogP contribution in [0, 0.1) is 18.3 Å². The van der Waals surface area contributed by atoms with Gasteiger partial charge in [-0.2, -0.15) is 5.26 Å². The molecule has 1 amide bonds. The lowest BCUT2D eigenvalue weighted by molar-refractivity contribution is 0.102. The van der Waals surface area contributed by atoms with E-state index in [1.165, 1.54) is 0 Å². The number of hydrogen-bond acceptors (Lipinski definition) is 3. The molecule has 4 aromatic rings. The number of carbonyl (C=O) groups is 1. The van der Waals surface area contributed by atoms with Crippen molar-refractivity contribution in [2.24, 2.45) is 0 Å². The molecule has 2 N–H and O–H groups in total. The summed E-state index contributed by atoms with van der Waals surface area (Å²) in [6.45, 7) is 2.34. The summed E-state index contributed by atoms with van der Waals surface area (Å²) in [5, 5.41) is 12.7. The van der Waals surface area contributed by atoms with Gasteiger partial charge in [-0.3, -0.25) is 4.79 Å². The largest absolute Gasteiger partial charge is 0.489 e. The number of nitrogens with one attached hydrogen (secondary N) is 2. The van der Waals surface area contributed by atoms with Crippen LogP contribution in [-0.2, 0) is 13.0 Å². The average molecular weight is 395 g/mol. The monoisotopic (exact) mass is 395 g/mol. The van der Waals surface area contributed by atoms with Gasteiger partial charge in [0.2, 0.25) is 0 Å². The van der Waals surface area contributed by atoms with Crippen molar-refractivity contribution < 1.29 is 9.53 Å². The fourth-order valence-corrected chi connectivity index (χ4v) is 3.28. The van der Waals surface area contributed by atoms with Crippen LogP contribution >= 0.6 is 0 Å². The summed E-state index contributed by atoms with van der Waals surface area (Å²) in [6.07, 6.45) is 0.377. The summed E-state index contributed by atoms with van der Waals surface area (Å²) in [5.74, 6) is 0.515. The number of rotatable bonds is 6. The summed E-state index contributed by atoms with van der Waals surface area (Å²) in [6, 6.07) is 25.1. The van der Waals surface area contributed by atoms with Crippen LogP contribution in [0.5, 0.6) is 5.75 Å². The first-order chi connectivity index (χ1) is 14.6. The molecular weight excluding hydrogens is 374 g/mol. The number of nitrogens with zero attached hydrogens (tertiary/aromatic N) is 1. The van der Waals surface area contributed by atoms with E-state index in [1.807, 2.05) is 79.7 Å². The lowest BCUT2D eigenvalue weighted by Crippen LogP contribution is -2.14. The lowest BCUT2D eigenvalue weighted by Gasteiger charge is -2.12. The zero-order valence-corrected chi connectivity index (χ0v) is 16.6. The van der Waals surface area contributed by atoms with Gasteiger partial charge in [-0.15, -0.1) is 0 Å². The molecule has 0 aliphatic carbocycles. The van der Waals surface area contributed by atoms with E-state index < -0.39 is 0 Å². The molecule has 0 saturated carbocycles. The Hall–Kier alpha value is -4.04. The highest BCUT2D eigenvalue weighted by atomic mass is 16.5. The fraction of sp³-hybridized carbons (Fsp3) is 0.120. The molecule has 0 aliphatic heterocycles. The van der Waals surface area contributed by atoms with Crippen LogP contribution in [0.1, 0.15) is 27.2 Å². The van der Waals surface area contributed by atoms with Crippen LogP contribution in [0.25, 0.3) is 10.9 Å². The summed E-state index contributed by atoms with van der Waals surface area (Å²) in [7, 11) is 0. The van der Waals surface area contributed by atoms with Crippen molar-refractivity contribution in [3.05, 3.63) is 95.2 Å². The van der Waals surface area contributed by atoms with Crippen molar-refractivity contribution in [3.8, 4) is 11.8 Å². The third kappa shape index (κ3) is 4.34. The number of hydrogen-bond donors (Lipinski definition) is 2. The molecule has 3 aromatic carbocycles. The van der Waals surface area contributed by atoms with Gasteiger partial charge >= 0.3 is 0 Å². The zero-order chi connectivity index (χ0) is 20.9. The van der Waals surface area contributed by atoms with Crippen molar-refractivity contribution in [3.63, 3.8) is 0 Å². The second kappa shape index (κ2) is 8.54. The number of carbonyl (C=O) groups excluding carboxylic acids is 1. The second-order valence-electron chi connectivity index (χ2n) is 7.15. The molecule has 0 aliphatic rings. The normalized spacial score (nSPS) is 10.5. The molecule has 0 unspecified atom stereocenters. The Labute approximate surface area is 174 Å². The van der Waals surface area contributed by atoms with E-state index >= 15 is 0 Å². The molecule has 5 heteroatoms. The maximum atomic E-state index is 12.8. The Morgan fingerprint density at radius 2 is 1.87 bits per heavy atom. The summed E-state index contributed by atoms with van der Waals surface area (Å²) in [4.78, 5) is 16.0. The number of benzene rings is 3. The molecular formula is C25H21N3O2. The summed E-state index contributed by atoms with van der Waals surface area (Å²) in [5.41, 5.74) is 5.12. The number of amides is 1. The first-order valence-electron chi connectivity index (χ1n) is 9.70. The number of anilines is 1. The third-order valence-electron chi connectivity index (χ3n) is 4.89. The highest BCUT2D eigenvalue weighted by Gasteiger charge is 2.12. The van der Waals surface area contributed by atoms with Crippen molar-refractivity contribution in [1.29, 1.82) is 5.26 Å². The van der Waals surface area contributed by atoms with E-state index in [1.54, 1.807) is 0 Å². The van der Waals surface area contributed by atoms with Crippen LogP contribution in [0.15, 0.2) is 72.8 Å². The van der Waals surface area contributed by atoms with Crippen LogP contribution in [0.2, 0.25) is 0 Å². The van der Waals surface area contributed by atoms with Crippen molar-refractivity contribution in [2.75, 3.05) is 5.32 Å². The maximum absolute atomic E-state index is 12.8. The average Bonchev–Trinajstić information content (AvgIpc) is 3.18. The molecule has 4 rings (SSSR count). The first kappa shape index (κ1) is 19.3. The number of H-pyrrole nitrogens is 1. The predicted octanol–water partition coefficient (Wildman–Crippen LogP) is 5.37. The van der Waals surface area contributed by atoms with E-state index in [2.05, 4.69) is 16.4 Å². The quantitative estimate of drug-likeness (QED) is 0.460. The van der Waals surface area contributed by atoms with E-state index in [0.29, 0.717) is 30.2 Å². The summed E-state index contributed by atoms with van der Waals surface area (Å²) < 4.78 is 5.87. The van der Waals surface area contributed by atoms with Crippen molar-refractivity contribution >= 4 is 22.5 Å². The van der Waals surface area contributed by atoms with E-state index in [-0.39, 0.29) is 5.91 Å². The van der Waals surface area contributed by atoms with Gasteiger partial charge in [-0.25, -0.2) is 0 Å². The standard InChI is InChI=1S/C25H21N3O2/c1-17-6-9-19-15-24(27-23(19)14-17)25(29)28-22-5-3-2-4-20(22)16-30-21-10-7-18(8-11-21)12-13-26/h2-11,14-15,27H,12,16H2,1H3,(H,28,29). The highest BCUT2D eigenvalue weighted by Crippen LogP contribution is 2.22. The fourth-order valence-electron chi connectivity index (χ4n) is 3.28. The smallest absolute Gasteiger partial charge is 0.272 e. The Morgan fingerprint density at radius 3 is 2.67 bits per heavy atom. The molecule has 0 atom stereocenters. The number of fused-ring (bicyclic) bond motifs is 1. The SMILES string of the molecule is Cc1ccc2cc(C(=O)Nc3ccccc3COc3ccc(CC#N)cc3)[nH]c2c1. The van der Waals surface area contributed by atoms with Gasteiger partial charge in [0.05, 0.1) is 12.5 Å². The highest BCUT2D eigenvalue weighted by molar-refractivity contribution is 6.06. The molecule has 0 saturated heterocycles. The molecule has 0 radical (unpaired) electrons. The summed E-state index contributed by atoms with van der Waals surface area (Å²) >= 11 is 0. The van der Waals surface area contributed by atoms with Gasteiger partial charge in [0.1, 0.15) is 18.1 Å². The van der Waals surface area contributed by atoms with Crippen LogP contribution in [0.3, 0.4) is 0 Å². The maximum Gasteiger partial charge on any atom is 0.272 e. The molecule has 148 valence electrons. The van der Waals surface area contributed by atoms with Crippen molar-refractivity contribution in [1.82, 2.24) is 4.98 Å². The number of aromatic amines is 1. The second-order valence-corrected chi connectivity index (χ2v) is 7.15. The molecule has 5 nitrogen and oxygen atoms in total. The van der Waals surface area contributed by atoms with Gasteiger partial charge in [0.25, 0.3) is 5.91 Å². The van der Waals surface area contributed by atoms with Crippen LogP contribution in [-0.4, -0.2) is 10.9 Å². The Balaban J connectivity index is 1.47. The predicted molar refractivity (Wildman–Crippen MR) is 118 cm³/mol. The molecule has 0 spiro atoms. The number of ether oxygens (including phenoxy) is 1. The van der Waals surface area contributed by atoms with Crippen molar-refractivity contribution in [2.45, 2.75) is 20.0 Å². The van der Waals surface area contributed by atoms with Gasteiger partial charge in [0, 0.05) is 22.2 Å². The van der Waals surface area contributed by atoms with Gasteiger partial charge < -0.3 is 15.0 Å². The van der Waals surface area contributed by atoms with Gasteiger partial charge in [0.15, 0.2) is 0 Å². The third-order valence-corrected chi connectivity index (χ3v) is 4.89. The number of para-hydroxylation sites is 1. The molecule has 30 heavy (non-hydrogen) atoms. The minimum absolute atomic E-state index is 0.197. The molecule has 1 aromatic heterocycles. The molecule has 1 heterocycles. The Morgan fingerprint density at radius 1 is 1.07 bits per heavy atom. The van der Waals surface area contributed by atoms with Gasteiger partial charge in [-0.05, 0) is 48.4 Å². The van der Waals surface area contributed by atoms with Crippen LogP contribution in [0.4, 0.5) is 5.69 Å². The van der Waals surface area contributed by atoms with E-state index in [4.69, 9.17) is 10.00 Å². The first-order valence-corrected chi connectivity index (χ1v) is 9.70. The van der Waals surface area contributed by atoms with E-state index in [9.17, 15) is 4.79 Å². The topological polar surface area (TPSA) is 77.9 Å². The Bertz CT molecular complexity index is 1230. The zero-order valence-electron chi connectivity index (χ0n) is 16.6. The minimum Gasteiger partial charge on any atom is -0.489 e. The molecule has 0 fully saturated rings. The van der Waals surface area contributed by atoms with Gasteiger partial charge in [-0.1, -0.05) is 42.5 Å². The lowest BCUT2D eigenvalue weighted by atomic mass is 10.1. The number of aryl methyl sites for hydroxylation is 1.